The summed E-state index contributed by atoms with van der Waals surface area (Å²) >= 11 is 0. The average Bonchev–Trinajstić information content (AvgIpc) is 3.14. The van der Waals surface area contributed by atoms with E-state index in [1.165, 1.54) is 38.4 Å². The van der Waals surface area contributed by atoms with Gasteiger partial charge in [0.05, 0.1) is 17.8 Å². The molecule has 1 aliphatic rings. The van der Waals surface area contributed by atoms with Crippen LogP contribution in [0, 0.1) is 0 Å². The maximum absolute atomic E-state index is 12.6. The highest BCUT2D eigenvalue weighted by atomic mass is 32.2. The second-order valence-corrected chi connectivity index (χ2v) is 9.95. The SMILES string of the molecule is Cn1cnc(S(=O)(=O)NCC(=O)N2CCN(S(=O)(=O)c3ccccc3)CC2)c1. The second kappa shape index (κ2) is 7.99. The largest absolute Gasteiger partial charge is 0.339 e. The van der Waals surface area contributed by atoms with Gasteiger partial charge in [-0.3, -0.25) is 4.79 Å². The van der Waals surface area contributed by atoms with Gasteiger partial charge >= 0.3 is 0 Å². The molecule has 1 aromatic heterocycles. The molecule has 1 amide bonds. The Kier molecular flexibility index (Phi) is 5.84. The maximum Gasteiger partial charge on any atom is 0.260 e. The number of aromatic nitrogens is 2. The lowest BCUT2D eigenvalue weighted by Gasteiger charge is -2.34. The van der Waals surface area contributed by atoms with Crippen molar-refractivity contribution in [2.24, 2.45) is 7.05 Å². The third kappa shape index (κ3) is 4.41. The number of benzene rings is 1. The Morgan fingerprint density at radius 1 is 1.07 bits per heavy atom. The van der Waals surface area contributed by atoms with E-state index in [4.69, 9.17) is 0 Å². The molecule has 2 aromatic rings. The molecule has 0 saturated carbocycles. The lowest BCUT2D eigenvalue weighted by molar-refractivity contribution is -0.131. The maximum atomic E-state index is 12.6. The fraction of sp³-hybridized carbons (Fsp3) is 0.375. The number of hydrogen-bond donors (Lipinski definition) is 1. The Labute approximate surface area is 163 Å². The minimum absolute atomic E-state index is 0.149. The molecule has 3 rings (SSSR count). The van der Waals surface area contributed by atoms with E-state index in [-0.39, 0.29) is 36.1 Å². The first-order valence-corrected chi connectivity index (χ1v) is 11.4. The molecule has 0 aliphatic carbocycles. The molecule has 1 aromatic carbocycles. The summed E-state index contributed by atoms with van der Waals surface area (Å²) in [4.78, 5) is 17.7. The number of hydrogen-bond acceptors (Lipinski definition) is 6. The van der Waals surface area contributed by atoms with Gasteiger partial charge in [0.25, 0.3) is 10.0 Å². The van der Waals surface area contributed by atoms with Crippen LogP contribution < -0.4 is 4.72 Å². The zero-order valence-electron chi connectivity index (χ0n) is 15.2. The summed E-state index contributed by atoms with van der Waals surface area (Å²) in [6.45, 7) is 0.267. The second-order valence-electron chi connectivity index (χ2n) is 6.30. The Balaban J connectivity index is 1.55. The van der Waals surface area contributed by atoms with Gasteiger partial charge in [-0.05, 0) is 12.1 Å². The van der Waals surface area contributed by atoms with Crippen LogP contribution in [0.25, 0.3) is 0 Å². The molecule has 2 heterocycles. The lowest BCUT2D eigenvalue weighted by Crippen LogP contribution is -2.52. The van der Waals surface area contributed by atoms with Crippen molar-refractivity contribution in [3.63, 3.8) is 0 Å². The molecule has 1 aliphatic heterocycles. The van der Waals surface area contributed by atoms with Gasteiger partial charge in [0, 0.05) is 39.4 Å². The van der Waals surface area contributed by atoms with E-state index >= 15 is 0 Å². The van der Waals surface area contributed by atoms with Gasteiger partial charge in [-0.2, -0.15) is 4.31 Å². The molecular formula is C16H21N5O5S2. The smallest absolute Gasteiger partial charge is 0.260 e. The minimum Gasteiger partial charge on any atom is -0.339 e. The van der Waals surface area contributed by atoms with Gasteiger partial charge in [-0.1, -0.05) is 18.2 Å². The van der Waals surface area contributed by atoms with Crippen molar-refractivity contribution in [2.45, 2.75) is 9.92 Å². The van der Waals surface area contributed by atoms with E-state index in [9.17, 15) is 21.6 Å². The molecule has 10 nitrogen and oxygen atoms in total. The first kappa shape index (κ1) is 20.5. The number of aryl methyl sites for hydroxylation is 1. The van der Waals surface area contributed by atoms with Crippen LogP contribution in [-0.2, 0) is 31.9 Å². The number of sulfonamides is 2. The van der Waals surface area contributed by atoms with Crippen LogP contribution in [0.2, 0.25) is 0 Å². The highest BCUT2D eigenvalue weighted by molar-refractivity contribution is 7.89. The molecule has 0 radical (unpaired) electrons. The average molecular weight is 428 g/mol. The molecule has 152 valence electrons. The molecule has 1 fully saturated rings. The van der Waals surface area contributed by atoms with E-state index in [1.807, 2.05) is 0 Å². The number of nitrogens with zero attached hydrogens (tertiary/aromatic N) is 4. The lowest BCUT2D eigenvalue weighted by atomic mass is 10.3. The van der Waals surface area contributed by atoms with E-state index in [1.54, 1.807) is 25.2 Å². The number of imidazole rings is 1. The van der Waals surface area contributed by atoms with Crippen LogP contribution in [0.3, 0.4) is 0 Å². The number of nitrogens with one attached hydrogen (secondary N) is 1. The Morgan fingerprint density at radius 3 is 2.29 bits per heavy atom. The van der Waals surface area contributed by atoms with E-state index in [0.717, 1.165) is 0 Å². The van der Waals surface area contributed by atoms with Crippen LogP contribution in [0.4, 0.5) is 0 Å². The van der Waals surface area contributed by atoms with Crippen molar-refractivity contribution in [1.29, 1.82) is 0 Å². The molecule has 0 atom stereocenters. The summed E-state index contributed by atoms with van der Waals surface area (Å²) in [5.74, 6) is -0.420. The summed E-state index contributed by atoms with van der Waals surface area (Å²) in [7, 11) is -5.85. The predicted octanol–water partition coefficient (Wildman–Crippen LogP) is -0.768. The molecule has 1 N–H and O–H groups in total. The van der Waals surface area contributed by atoms with Gasteiger partial charge in [0.15, 0.2) is 5.03 Å². The van der Waals surface area contributed by atoms with Crippen LogP contribution in [-0.4, -0.2) is 74.2 Å². The van der Waals surface area contributed by atoms with Gasteiger partial charge in [0.2, 0.25) is 15.9 Å². The van der Waals surface area contributed by atoms with E-state index < -0.39 is 32.5 Å². The number of rotatable bonds is 6. The fourth-order valence-corrected chi connectivity index (χ4v) is 5.19. The van der Waals surface area contributed by atoms with Crippen molar-refractivity contribution in [1.82, 2.24) is 23.5 Å². The molecule has 12 heteroatoms. The number of carbonyl (C=O) groups is 1. The Morgan fingerprint density at radius 2 is 1.71 bits per heavy atom. The first-order valence-electron chi connectivity index (χ1n) is 8.51. The molecule has 28 heavy (non-hydrogen) atoms. The van der Waals surface area contributed by atoms with Crippen molar-refractivity contribution >= 4 is 26.0 Å². The highest BCUT2D eigenvalue weighted by Gasteiger charge is 2.30. The van der Waals surface area contributed by atoms with Crippen molar-refractivity contribution < 1.29 is 21.6 Å². The fourth-order valence-electron chi connectivity index (χ4n) is 2.79. The summed E-state index contributed by atoms with van der Waals surface area (Å²) in [5, 5.41) is -0.165. The Hall–Kier alpha value is -2.28. The van der Waals surface area contributed by atoms with Gasteiger partial charge in [-0.25, -0.2) is 26.5 Å². The molecule has 0 spiro atoms. The van der Waals surface area contributed by atoms with Crippen LogP contribution in [0.5, 0.6) is 0 Å². The quantitative estimate of drug-likeness (QED) is 0.646. The topological polar surface area (TPSA) is 122 Å². The number of carbonyl (C=O) groups excluding carboxylic acids is 1. The van der Waals surface area contributed by atoms with Gasteiger partial charge < -0.3 is 9.47 Å². The number of amides is 1. The first-order chi connectivity index (χ1) is 13.2. The van der Waals surface area contributed by atoms with Crippen LogP contribution in [0.15, 0.2) is 52.8 Å². The summed E-state index contributed by atoms with van der Waals surface area (Å²) in [5.41, 5.74) is 0. The molecular weight excluding hydrogens is 406 g/mol. The predicted molar refractivity (Wildman–Crippen MR) is 100 cm³/mol. The minimum atomic E-state index is -3.88. The third-order valence-corrected chi connectivity index (χ3v) is 7.54. The number of piperazine rings is 1. The summed E-state index contributed by atoms with van der Waals surface area (Å²) in [6, 6.07) is 8.10. The van der Waals surface area contributed by atoms with Crippen molar-refractivity contribution in [3.8, 4) is 0 Å². The van der Waals surface area contributed by atoms with Crippen LogP contribution in [0.1, 0.15) is 0 Å². The van der Waals surface area contributed by atoms with E-state index in [2.05, 4.69) is 9.71 Å². The third-order valence-electron chi connectivity index (χ3n) is 4.34. The van der Waals surface area contributed by atoms with E-state index in [0.29, 0.717) is 0 Å². The van der Waals surface area contributed by atoms with Gasteiger partial charge in [0.1, 0.15) is 0 Å². The highest BCUT2D eigenvalue weighted by Crippen LogP contribution is 2.17. The normalized spacial score (nSPS) is 16.2. The van der Waals surface area contributed by atoms with Crippen molar-refractivity contribution in [2.75, 3.05) is 32.7 Å². The summed E-state index contributed by atoms with van der Waals surface area (Å²) < 4.78 is 54.5. The molecule has 0 unspecified atom stereocenters. The zero-order chi connectivity index (χ0) is 20.4. The molecule has 1 saturated heterocycles. The standard InChI is InChI=1S/C16H21N5O5S2/c1-19-12-15(17-13-19)27(23,24)18-11-16(22)20-7-9-21(10-8-20)28(25,26)14-5-3-2-4-6-14/h2-6,12-13,18H,7-11H2,1H3. The van der Waals surface area contributed by atoms with Gasteiger partial charge in [-0.15, -0.1) is 0 Å². The van der Waals surface area contributed by atoms with Crippen LogP contribution >= 0.6 is 0 Å². The summed E-state index contributed by atoms with van der Waals surface area (Å²) in [6.07, 6.45) is 2.68. The zero-order valence-corrected chi connectivity index (χ0v) is 16.9. The Bertz CT molecular complexity index is 1040. The van der Waals surface area contributed by atoms with Crippen molar-refractivity contribution in [3.05, 3.63) is 42.9 Å². The molecule has 0 bridgehead atoms. The monoisotopic (exact) mass is 427 g/mol.